The molecule has 3 aromatic carbocycles. The zero-order valence-corrected chi connectivity index (χ0v) is 21.2. The Morgan fingerprint density at radius 3 is 2.28 bits per heavy atom. The lowest BCUT2D eigenvalue weighted by Crippen LogP contribution is -2.23. The number of methoxy groups -OCH3 is 2. The van der Waals surface area contributed by atoms with Gasteiger partial charge < -0.3 is 29.7 Å². The molecule has 186 valence electrons. The molecule has 5 rings (SSSR count). The van der Waals surface area contributed by atoms with Crippen LogP contribution < -0.4 is 24.8 Å². The van der Waals surface area contributed by atoms with Crippen molar-refractivity contribution in [3.8, 4) is 23.0 Å². The van der Waals surface area contributed by atoms with E-state index in [0.29, 0.717) is 23.3 Å². The Balaban J connectivity index is 1.34. The Labute approximate surface area is 212 Å². The minimum atomic E-state index is 0.510. The van der Waals surface area contributed by atoms with Crippen LogP contribution in [0.3, 0.4) is 0 Å². The molecular formula is C29H32N4O3. The van der Waals surface area contributed by atoms with Crippen molar-refractivity contribution in [1.29, 1.82) is 0 Å². The number of pyridine rings is 1. The molecule has 0 amide bonds. The molecule has 7 nitrogen and oxygen atoms in total. The Kier molecular flexibility index (Phi) is 6.82. The van der Waals surface area contributed by atoms with Crippen LogP contribution >= 0.6 is 0 Å². The van der Waals surface area contributed by atoms with Crippen molar-refractivity contribution in [1.82, 2.24) is 9.88 Å². The lowest BCUT2D eigenvalue weighted by atomic mass is 10.1. The van der Waals surface area contributed by atoms with E-state index in [0.717, 1.165) is 52.4 Å². The third kappa shape index (κ3) is 5.16. The number of hydrogen-bond acceptors (Lipinski definition) is 7. The van der Waals surface area contributed by atoms with Crippen molar-refractivity contribution in [3.63, 3.8) is 0 Å². The number of aromatic nitrogens is 1. The average Bonchev–Trinajstić information content (AvgIpc) is 3.30. The molecule has 1 aliphatic rings. The van der Waals surface area contributed by atoms with E-state index in [1.165, 1.54) is 6.42 Å². The fraction of sp³-hybridized carbons (Fsp3) is 0.276. The molecule has 1 unspecified atom stereocenters. The van der Waals surface area contributed by atoms with Crippen molar-refractivity contribution in [3.05, 3.63) is 72.4 Å². The van der Waals surface area contributed by atoms with Crippen molar-refractivity contribution in [2.24, 2.45) is 0 Å². The van der Waals surface area contributed by atoms with E-state index in [9.17, 15) is 0 Å². The number of likely N-dealkylation sites (N-methyl/N-ethyl adjacent to an activating group) is 1. The van der Waals surface area contributed by atoms with E-state index in [-0.39, 0.29) is 0 Å². The summed E-state index contributed by atoms with van der Waals surface area (Å²) in [4.78, 5) is 6.82. The highest BCUT2D eigenvalue weighted by molar-refractivity contribution is 5.88. The van der Waals surface area contributed by atoms with Gasteiger partial charge in [-0.25, -0.2) is 0 Å². The highest BCUT2D eigenvalue weighted by Gasteiger charge is 2.18. The molecule has 7 heteroatoms. The highest BCUT2D eigenvalue weighted by atomic mass is 16.5. The fourth-order valence-electron chi connectivity index (χ4n) is 4.55. The van der Waals surface area contributed by atoms with Gasteiger partial charge in [-0.3, -0.25) is 4.98 Å². The number of nitrogens with one attached hydrogen (secondary N) is 2. The number of hydrogen-bond donors (Lipinski definition) is 2. The van der Waals surface area contributed by atoms with Crippen LogP contribution in [0.5, 0.6) is 23.0 Å². The predicted octanol–water partition coefficient (Wildman–Crippen LogP) is 6.21. The molecule has 0 radical (unpaired) electrons. The van der Waals surface area contributed by atoms with Gasteiger partial charge in [0.05, 0.1) is 19.7 Å². The van der Waals surface area contributed by atoms with Gasteiger partial charge in [0, 0.05) is 53.4 Å². The smallest absolute Gasteiger partial charge is 0.162 e. The predicted molar refractivity (Wildman–Crippen MR) is 145 cm³/mol. The van der Waals surface area contributed by atoms with E-state index < -0.39 is 0 Å². The summed E-state index contributed by atoms with van der Waals surface area (Å²) < 4.78 is 17.3. The van der Waals surface area contributed by atoms with Crippen LogP contribution in [0.2, 0.25) is 0 Å². The van der Waals surface area contributed by atoms with Crippen LogP contribution in [0.15, 0.2) is 66.9 Å². The summed E-state index contributed by atoms with van der Waals surface area (Å²) in [5, 5.41) is 7.97. The van der Waals surface area contributed by atoms with Gasteiger partial charge in [-0.15, -0.1) is 0 Å². The Morgan fingerprint density at radius 1 is 0.833 bits per heavy atom. The first-order chi connectivity index (χ1) is 17.5. The summed E-state index contributed by atoms with van der Waals surface area (Å²) in [6.45, 7) is 4.26. The van der Waals surface area contributed by atoms with Crippen molar-refractivity contribution < 1.29 is 14.2 Å². The molecule has 4 aromatic rings. The number of anilines is 3. The molecule has 2 N–H and O–H groups in total. The quantitative estimate of drug-likeness (QED) is 0.308. The zero-order chi connectivity index (χ0) is 25.1. The summed E-state index contributed by atoms with van der Waals surface area (Å²) in [5.74, 6) is 2.74. The number of nitrogens with zero attached hydrogens (tertiary/aromatic N) is 2. The lowest BCUT2D eigenvalue weighted by Gasteiger charge is -2.16. The summed E-state index contributed by atoms with van der Waals surface area (Å²) >= 11 is 0. The van der Waals surface area contributed by atoms with E-state index in [1.807, 2.05) is 31.2 Å². The molecule has 0 bridgehead atoms. The van der Waals surface area contributed by atoms with Gasteiger partial charge in [0.1, 0.15) is 11.5 Å². The highest BCUT2D eigenvalue weighted by Crippen LogP contribution is 2.38. The maximum atomic E-state index is 6.39. The van der Waals surface area contributed by atoms with E-state index in [2.05, 4.69) is 64.0 Å². The Bertz CT molecular complexity index is 1360. The summed E-state index contributed by atoms with van der Waals surface area (Å²) in [6, 6.07) is 20.7. The molecule has 0 aliphatic carbocycles. The van der Waals surface area contributed by atoms with Gasteiger partial charge >= 0.3 is 0 Å². The molecule has 1 aliphatic heterocycles. The number of likely N-dealkylation sites (tertiary alicyclic amines) is 1. The van der Waals surface area contributed by atoms with Gasteiger partial charge in [-0.1, -0.05) is 6.07 Å². The molecule has 1 fully saturated rings. The monoisotopic (exact) mass is 484 g/mol. The van der Waals surface area contributed by atoms with Crippen LogP contribution in [-0.2, 0) is 0 Å². The van der Waals surface area contributed by atoms with Crippen LogP contribution in [0, 0.1) is 6.92 Å². The molecular weight excluding hydrogens is 452 g/mol. The zero-order valence-electron chi connectivity index (χ0n) is 21.2. The normalized spacial score (nSPS) is 15.6. The third-order valence-electron chi connectivity index (χ3n) is 6.55. The van der Waals surface area contributed by atoms with Gasteiger partial charge in [0.25, 0.3) is 0 Å². The van der Waals surface area contributed by atoms with Crippen molar-refractivity contribution in [2.45, 2.75) is 19.4 Å². The second-order valence-electron chi connectivity index (χ2n) is 9.21. The molecule has 36 heavy (non-hydrogen) atoms. The standard InChI is InChI=1S/C29H32N4O3/c1-19-5-6-22(31-20-7-9-21(10-8-20)32-23-12-14-33(2)18-23)15-27(19)36-26-11-13-30-25-17-29(35-4)28(34-3)16-24(25)26/h5-11,13,15-17,23,31-32H,12,14,18H2,1-4H3. The van der Waals surface area contributed by atoms with Crippen molar-refractivity contribution in [2.75, 3.05) is 45.0 Å². The summed E-state index contributed by atoms with van der Waals surface area (Å²) in [7, 11) is 5.40. The number of fused-ring (bicyclic) bond motifs is 1. The summed E-state index contributed by atoms with van der Waals surface area (Å²) in [5.41, 5.74) is 4.92. The second-order valence-corrected chi connectivity index (χ2v) is 9.21. The van der Waals surface area contributed by atoms with Crippen LogP contribution in [0.1, 0.15) is 12.0 Å². The van der Waals surface area contributed by atoms with E-state index >= 15 is 0 Å². The molecule has 0 saturated carbocycles. The van der Waals surface area contributed by atoms with Gasteiger partial charge in [0.15, 0.2) is 11.5 Å². The number of ether oxygens (including phenoxy) is 3. The fourth-order valence-corrected chi connectivity index (χ4v) is 4.55. The molecule has 2 heterocycles. The first-order valence-electron chi connectivity index (χ1n) is 12.1. The number of aryl methyl sites for hydroxylation is 1. The SMILES string of the molecule is COc1cc2nccc(Oc3cc(Nc4ccc(NC5CCN(C)C5)cc4)ccc3C)c2cc1OC. The molecule has 1 saturated heterocycles. The van der Waals surface area contributed by atoms with Gasteiger partial charge in [0.2, 0.25) is 0 Å². The number of rotatable bonds is 8. The van der Waals surface area contributed by atoms with E-state index in [1.54, 1.807) is 20.4 Å². The Hall–Kier alpha value is -3.97. The molecule has 1 aromatic heterocycles. The van der Waals surface area contributed by atoms with Crippen molar-refractivity contribution >= 4 is 28.0 Å². The van der Waals surface area contributed by atoms with Gasteiger partial charge in [-0.05, 0) is 75.0 Å². The maximum absolute atomic E-state index is 6.39. The molecule has 0 spiro atoms. The summed E-state index contributed by atoms with van der Waals surface area (Å²) in [6.07, 6.45) is 2.91. The second kappa shape index (κ2) is 10.3. The van der Waals surface area contributed by atoms with Crippen LogP contribution in [0.4, 0.5) is 17.1 Å². The van der Waals surface area contributed by atoms with Crippen LogP contribution in [-0.4, -0.2) is 50.3 Å². The maximum Gasteiger partial charge on any atom is 0.162 e. The first-order valence-corrected chi connectivity index (χ1v) is 12.1. The van der Waals surface area contributed by atoms with Gasteiger partial charge in [-0.2, -0.15) is 0 Å². The average molecular weight is 485 g/mol. The van der Waals surface area contributed by atoms with Crippen LogP contribution in [0.25, 0.3) is 10.9 Å². The lowest BCUT2D eigenvalue weighted by molar-refractivity contribution is 0.355. The van der Waals surface area contributed by atoms with E-state index in [4.69, 9.17) is 14.2 Å². The topological polar surface area (TPSA) is 67.9 Å². The minimum absolute atomic E-state index is 0.510. The third-order valence-corrected chi connectivity index (χ3v) is 6.55. The largest absolute Gasteiger partial charge is 0.493 e. The molecule has 1 atom stereocenters. The minimum Gasteiger partial charge on any atom is -0.493 e. The number of benzene rings is 3. The first kappa shape index (κ1) is 23.8. The Morgan fingerprint density at radius 2 is 1.56 bits per heavy atom.